The lowest BCUT2D eigenvalue weighted by Crippen LogP contribution is -2.58. The van der Waals surface area contributed by atoms with Crippen LogP contribution in [0.5, 0.6) is 0 Å². The quantitative estimate of drug-likeness (QED) is 0.475. The molecule has 5 nitrogen and oxygen atoms in total. The Hall–Kier alpha value is -1.65. The molecular formula is C9H12N2O3. The number of nitrogens with one attached hydrogen (secondary N) is 1. The third-order valence-corrected chi connectivity index (χ3v) is 2.06. The third-order valence-electron chi connectivity index (χ3n) is 2.06. The molecule has 1 unspecified atom stereocenters. The predicted octanol–water partition coefficient (Wildman–Crippen LogP) is -0.564. The number of amides is 3. The Morgan fingerprint density at radius 2 is 2.36 bits per heavy atom. The van der Waals surface area contributed by atoms with Crippen molar-refractivity contribution in [2.24, 2.45) is 0 Å². The van der Waals surface area contributed by atoms with Gasteiger partial charge in [-0.2, -0.15) is 0 Å². The molecule has 0 radical (unpaired) electrons. The van der Waals surface area contributed by atoms with E-state index in [0.29, 0.717) is 0 Å². The Morgan fingerprint density at radius 3 is 2.93 bits per heavy atom. The van der Waals surface area contributed by atoms with Crippen molar-refractivity contribution in [2.45, 2.75) is 19.4 Å². The molecule has 1 aliphatic heterocycles. The summed E-state index contributed by atoms with van der Waals surface area (Å²) in [4.78, 5) is 34.8. The van der Waals surface area contributed by atoms with Gasteiger partial charge in [0.2, 0.25) is 17.7 Å². The zero-order chi connectivity index (χ0) is 10.7. The normalized spacial score (nSPS) is 21.8. The smallest absolute Gasteiger partial charge is 0.249 e. The van der Waals surface area contributed by atoms with E-state index in [2.05, 4.69) is 11.9 Å². The van der Waals surface area contributed by atoms with E-state index < -0.39 is 17.9 Å². The molecule has 0 spiro atoms. The van der Waals surface area contributed by atoms with Crippen LogP contribution in [0.3, 0.4) is 0 Å². The van der Waals surface area contributed by atoms with Crippen LogP contribution in [0.25, 0.3) is 0 Å². The van der Waals surface area contributed by atoms with E-state index in [-0.39, 0.29) is 18.9 Å². The molecule has 0 bridgehead atoms. The second-order valence-corrected chi connectivity index (χ2v) is 3.10. The second kappa shape index (κ2) is 4.04. The molecule has 76 valence electrons. The highest BCUT2D eigenvalue weighted by atomic mass is 16.2. The standard InChI is InChI=1S/C9H12N2O3/c1-3-4-8(13)11-5-7(12)10-9(14)6(11)2/h3,6H,1,4-5H2,2H3,(H,10,12,14). The minimum absolute atomic E-state index is 0.0560. The molecule has 5 heteroatoms. The van der Waals surface area contributed by atoms with Gasteiger partial charge in [0.15, 0.2) is 0 Å². The molecule has 1 atom stereocenters. The maximum Gasteiger partial charge on any atom is 0.249 e. The zero-order valence-electron chi connectivity index (χ0n) is 7.95. The summed E-state index contributed by atoms with van der Waals surface area (Å²) in [5, 5.41) is 2.16. The van der Waals surface area contributed by atoms with Gasteiger partial charge in [0, 0.05) is 6.42 Å². The van der Waals surface area contributed by atoms with Gasteiger partial charge < -0.3 is 4.90 Å². The van der Waals surface area contributed by atoms with E-state index >= 15 is 0 Å². The van der Waals surface area contributed by atoms with Crippen LogP contribution in [0.15, 0.2) is 12.7 Å². The first-order valence-electron chi connectivity index (χ1n) is 4.30. The first kappa shape index (κ1) is 10.4. The van der Waals surface area contributed by atoms with E-state index in [1.54, 1.807) is 6.92 Å². The van der Waals surface area contributed by atoms with Crippen LogP contribution in [0, 0.1) is 0 Å². The monoisotopic (exact) mass is 196 g/mol. The number of hydrogen-bond acceptors (Lipinski definition) is 3. The van der Waals surface area contributed by atoms with Crippen LogP contribution in [-0.4, -0.2) is 35.2 Å². The van der Waals surface area contributed by atoms with Crippen molar-refractivity contribution in [3.05, 3.63) is 12.7 Å². The maximum absolute atomic E-state index is 11.4. The average Bonchev–Trinajstić information content (AvgIpc) is 2.11. The van der Waals surface area contributed by atoms with Gasteiger partial charge in [-0.25, -0.2) is 0 Å². The number of nitrogens with zero attached hydrogens (tertiary/aromatic N) is 1. The first-order valence-corrected chi connectivity index (χ1v) is 4.30. The molecule has 1 aliphatic rings. The largest absolute Gasteiger partial charge is 0.321 e. The van der Waals surface area contributed by atoms with Crippen LogP contribution in [0.4, 0.5) is 0 Å². The van der Waals surface area contributed by atoms with Gasteiger partial charge in [0.25, 0.3) is 0 Å². The lowest BCUT2D eigenvalue weighted by Gasteiger charge is -2.31. The lowest BCUT2D eigenvalue weighted by atomic mass is 10.2. The Kier molecular flexibility index (Phi) is 3.01. The fraction of sp³-hybridized carbons (Fsp3) is 0.444. The van der Waals surface area contributed by atoms with Crippen molar-refractivity contribution < 1.29 is 14.4 Å². The summed E-state index contributed by atoms with van der Waals surface area (Å²) in [6, 6.07) is -0.583. The van der Waals surface area contributed by atoms with Gasteiger partial charge in [0.1, 0.15) is 12.6 Å². The SMILES string of the molecule is C=CCC(=O)N1CC(=O)NC(=O)C1C. The van der Waals surface area contributed by atoms with Gasteiger partial charge in [-0.3, -0.25) is 19.7 Å². The molecule has 1 N–H and O–H groups in total. The van der Waals surface area contributed by atoms with Crippen molar-refractivity contribution in [3.8, 4) is 0 Å². The summed E-state index contributed by atoms with van der Waals surface area (Å²) in [5.41, 5.74) is 0. The fourth-order valence-electron chi connectivity index (χ4n) is 1.26. The van der Waals surface area contributed by atoms with Gasteiger partial charge in [-0.15, -0.1) is 6.58 Å². The average molecular weight is 196 g/mol. The summed E-state index contributed by atoms with van der Waals surface area (Å²) < 4.78 is 0. The maximum atomic E-state index is 11.4. The molecule has 0 aliphatic carbocycles. The highest BCUT2D eigenvalue weighted by molar-refractivity contribution is 6.04. The Labute approximate surface area is 81.8 Å². The number of carbonyl (C=O) groups excluding carboxylic acids is 3. The molecule has 14 heavy (non-hydrogen) atoms. The molecule has 1 saturated heterocycles. The lowest BCUT2D eigenvalue weighted by molar-refractivity contribution is -0.148. The topological polar surface area (TPSA) is 66.5 Å². The molecule has 1 heterocycles. The van der Waals surface area contributed by atoms with Crippen LogP contribution in [0.1, 0.15) is 13.3 Å². The number of imide groups is 1. The van der Waals surface area contributed by atoms with Crippen molar-refractivity contribution in [2.75, 3.05) is 6.54 Å². The fourth-order valence-corrected chi connectivity index (χ4v) is 1.26. The Balaban J connectivity index is 2.75. The molecule has 0 aromatic carbocycles. The molecule has 0 aromatic rings. The van der Waals surface area contributed by atoms with E-state index in [9.17, 15) is 14.4 Å². The molecular weight excluding hydrogens is 184 g/mol. The minimum atomic E-state index is -0.583. The van der Waals surface area contributed by atoms with Crippen LogP contribution in [0.2, 0.25) is 0 Å². The van der Waals surface area contributed by atoms with Crippen LogP contribution in [-0.2, 0) is 14.4 Å². The van der Waals surface area contributed by atoms with Crippen molar-refractivity contribution in [1.82, 2.24) is 10.2 Å². The number of rotatable bonds is 2. The van der Waals surface area contributed by atoms with Crippen molar-refractivity contribution in [1.29, 1.82) is 0 Å². The first-order chi connectivity index (χ1) is 6.56. The number of hydrogen-bond donors (Lipinski definition) is 1. The zero-order valence-corrected chi connectivity index (χ0v) is 7.95. The van der Waals surface area contributed by atoms with Crippen molar-refractivity contribution >= 4 is 17.7 Å². The van der Waals surface area contributed by atoms with E-state index in [0.717, 1.165) is 0 Å². The van der Waals surface area contributed by atoms with E-state index in [1.807, 2.05) is 0 Å². The van der Waals surface area contributed by atoms with E-state index in [4.69, 9.17) is 0 Å². The highest BCUT2D eigenvalue weighted by Gasteiger charge is 2.32. The van der Waals surface area contributed by atoms with Crippen LogP contribution >= 0.6 is 0 Å². The Bertz CT molecular complexity index is 298. The van der Waals surface area contributed by atoms with Gasteiger partial charge in [-0.05, 0) is 6.92 Å². The third kappa shape index (κ3) is 1.99. The second-order valence-electron chi connectivity index (χ2n) is 3.10. The summed E-state index contributed by atoms with van der Waals surface area (Å²) in [6.07, 6.45) is 1.59. The molecule has 3 amide bonds. The summed E-state index contributed by atoms with van der Waals surface area (Å²) in [7, 11) is 0. The summed E-state index contributed by atoms with van der Waals surface area (Å²) in [5.74, 6) is -1.13. The van der Waals surface area contributed by atoms with Gasteiger partial charge >= 0.3 is 0 Å². The summed E-state index contributed by atoms with van der Waals surface area (Å²) in [6.45, 7) is 4.96. The van der Waals surface area contributed by atoms with E-state index in [1.165, 1.54) is 11.0 Å². The number of carbonyl (C=O) groups is 3. The van der Waals surface area contributed by atoms with Gasteiger partial charge in [0.05, 0.1) is 0 Å². The molecule has 0 saturated carbocycles. The van der Waals surface area contributed by atoms with Gasteiger partial charge in [-0.1, -0.05) is 6.08 Å². The molecule has 1 rings (SSSR count). The van der Waals surface area contributed by atoms with Crippen molar-refractivity contribution in [3.63, 3.8) is 0 Å². The predicted molar refractivity (Wildman–Crippen MR) is 49.1 cm³/mol. The highest BCUT2D eigenvalue weighted by Crippen LogP contribution is 2.06. The number of piperazine rings is 1. The Morgan fingerprint density at radius 1 is 1.71 bits per heavy atom. The minimum Gasteiger partial charge on any atom is -0.321 e. The van der Waals surface area contributed by atoms with Crippen LogP contribution < -0.4 is 5.32 Å². The molecule has 0 aromatic heterocycles. The molecule has 1 fully saturated rings. The summed E-state index contributed by atoms with van der Waals surface area (Å²) >= 11 is 0.